The minimum absolute atomic E-state index is 0.0227. The van der Waals surface area contributed by atoms with Crippen LogP contribution in [0.3, 0.4) is 0 Å². The van der Waals surface area contributed by atoms with Crippen LogP contribution in [0.4, 0.5) is 5.69 Å². The summed E-state index contributed by atoms with van der Waals surface area (Å²) in [4.78, 5) is 24.7. The zero-order chi connectivity index (χ0) is 20.7. The Hall–Kier alpha value is -2.82. The molecule has 0 saturated carbocycles. The molecule has 2 rings (SSSR count). The Kier molecular flexibility index (Phi) is 7.21. The summed E-state index contributed by atoms with van der Waals surface area (Å²) in [6, 6.07) is 12.8. The lowest BCUT2D eigenvalue weighted by Gasteiger charge is -2.23. The molecule has 5 heteroatoms. The van der Waals surface area contributed by atoms with E-state index < -0.39 is 5.41 Å². The molecule has 0 heterocycles. The van der Waals surface area contributed by atoms with Crippen molar-refractivity contribution < 1.29 is 14.3 Å². The van der Waals surface area contributed by atoms with Gasteiger partial charge in [0.1, 0.15) is 5.75 Å². The second-order valence-electron chi connectivity index (χ2n) is 7.83. The van der Waals surface area contributed by atoms with Crippen molar-refractivity contribution >= 4 is 17.4 Å². The van der Waals surface area contributed by atoms with Gasteiger partial charge in [0, 0.05) is 16.7 Å². The largest absolute Gasteiger partial charge is 0.493 e. The van der Waals surface area contributed by atoms with Crippen LogP contribution in [-0.4, -0.2) is 24.8 Å². The molecule has 2 aromatic rings. The maximum Gasteiger partial charge on any atom is 0.226 e. The van der Waals surface area contributed by atoms with Gasteiger partial charge >= 0.3 is 0 Å². The van der Waals surface area contributed by atoms with Crippen LogP contribution in [0, 0.1) is 19.3 Å². The molecule has 0 aliphatic carbocycles. The van der Waals surface area contributed by atoms with Gasteiger partial charge in [-0.2, -0.15) is 0 Å². The number of rotatable bonds is 9. The molecule has 2 aromatic carbocycles. The fraction of sp³-hybridized carbons (Fsp3) is 0.391. The maximum atomic E-state index is 12.5. The summed E-state index contributed by atoms with van der Waals surface area (Å²) >= 11 is 0. The van der Waals surface area contributed by atoms with E-state index in [0.717, 1.165) is 23.3 Å². The molecular weight excluding hydrogens is 352 g/mol. The van der Waals surface area contributed by atoms with Crippen LogP contribution in [-0.2, 0) is 4.79 Å². The quantitative estimate of drug-likeness (QED) is 0.389. The average Bonchev–Trinajstić information content (AvgIpc) is 2.66. The molecule has 150 valence electrons. The topological polar surface area (TPSA) is 81.4 Å². The Bertz CT molecular complexity index is 826. The predicted molar refractivity (Wildman–Crippen MR) is 113 cm³/mol. The Balaban J connectivity index is 1.78. The molecule has 0 spiro atoms. The summed E-state index contributed by atoms with van der Waals surface area (Å²) in [5.41, 5.74) is 8.45. The number of hydrogen-bond acceptors (Lipinski definition) is 4. The fourth-order valence-corrected chi connectivity index (χ4v) is 2.84. The number of benzene rings is 2. The van der Waals surface area contributed by atoms with Gasteiger partial charge in [-0.3, -0.25) is 9.59 Å². The first-order valence-electron chi connectivity index (χ1n) is 9.56. The monoisotopic (exact) mass is 382 g/mol. The normalized spacial score (nSPS) is 11.1. The highest BCUT2D eigenvalue weighted by atomic mass is 16.5. The smallest absolute Gasteiger partial charge is 0.226 e. The minimum Gasteiger partial charge on any atom is -0.493 e. The van der Waals surface area contributed by atoms with Gasteiger partial charge in [0.25, 0.3) is 0 Å². The van der Waals surface area contributed by atoms with Crippen molar-refractivity contribution in [1.29, 1.82) is 0 Å². The summed E-state index contributed by atoms with van der Waals surface area (Å²) in [6.45, 7) is 8.34. The molecule has 1 amide bonds. The van der Waals surface area contributed by atoms with Crippen molar-refractivity contribution in [2.45, 2.75) is 40.5 Å². The van der Waals surface area contributed by atoms with Crippen molar-refractivity contribution in [3.05, 3.63) is 59.2 Å². The van der Waals surface area contributed by atoms with E-state index in [0.29, 0.717) is 24.3 Å². The van der Waals surface area contributed by atoms with E-state index in [9.17, 15) is 9.59 Å². The lowest BCUT2D eigenvalue weighted by Crippen LogP contribution is -2.39. The van der Waals surface area contributed by atoms with Gasteiger partial charge < -0.3 is 15.8 Å². The molecule has 0 aromatic heterocycles. The maximum absolute atomic E-state index is 12.5. The molecule has 3 N–H and O–H groups in total. The van der Waals surface area contributed by atoms with E-state index in [1.165, 1.54) is 0 Å². The third kappa shape index (κ3) is 6.12. The highest BCUT2D eigenvalue weighted by molar-refractivity contribution is 5.99. The Labute approximate surface area is 167 Å². The van der Waals surface area contributed by atoms with Crippen LogP contribution in [0.2, 0.25) is 0 Å². The number of carbonyl (C=O) groups excluding carboxylic acids is 2. The molecule has 0 aliphatic rings. The molecule has 0 fully saturated rings. The second-order valence-corrected chi connectivity index (χ2v) is 7.83. The van der Waals surface area contributed by atoms with Crippen LogP contribution in [0.5, 0.6) is 5.75 Å². The van der Waals surface area contributed by atoms with E-state index in [4.69, 9.17) is 10.5 Å². The van der Waals surface area contributed by atoms with Crippen LogP contribution in [0.1, 0.15) is 48.2 Å². The van der Waals surface area contributed by atoms with Crippen molar-refractivity contribution in [1.82, 2.24) is 5.32 Å². The van der Waals surface area contributed by atoms with Gasteiger partial charge in [0.15, 0.2) is 5.78 Å². The standard InChI is InChI=1S/C23H30N2O3/c1-16-6-7-17(2)21(14-16)28-13-5-12-23(3,4)22(27)25-15-20(26)18-8-10-19(24)11-9-18/h6-11,14H,5,12-13,15,24H2,1-4H3,(H,25,27). The second kappa shape index (κ2) is 9.40. The van der Waals surface area contributed by atoms with Gasteiger partial charge in [-0.05, 0) is 68.1 Å². The Morgan fingerprint density at radius 1 is 1.07 bits per heavy atom. The number of ketones is 1. The third-order valence-electron chi connectivity index (χ3n) is 4.80. The molecule has 5 nitrogen and oxygen atoms in total. The van der Waals surface area contributed by atoms with Crippen LogP contribution < -0.4 is 15.8 Å². The number of anilines is 1. The van der Waals surface area contributed by atoms with E-state index in [-0.39, 0.29) is 18.2 Å². The van der Waals surface area contributed by atoms with Gasteiger partial charge in [-0.25, -0.2) is 0 Å². The van der Waals surface area contributed by atoms with Crippen LogP contribution >= 0.6 is 0 Å². The molecule has 0 saturated heterocycles. The fourth-order valence-electron chi connectivity index (χ4n) is 2.84. The molecule has 0 unspecified atom stereocenters. The number of nitrogen functional groups attached to an aromatic ring is 1. The van der Waals surface area contributed by atoms with Gasteiger partial charge in [-0.1, -0.05) is 26.0 Å². The zero-order valence-electron chi connectivity index (χ0n) is 17.2. The first-order chi connectivity index (χ1) is 13.2. The van der Waals surface area contributed by atoms with Crippen molar-refractivity contribution in [3.8, 4) is 5.75 Å². The van der Waals surface area contributed by atoms with Crippen molar-refractivity contribution in [2.75, 3.05) is 18.9 Å². The lowest BCUT2D eigenvalue weighted by molar-refractivity contribution is -0.129. The van der Waals surface area contributed by atoms with Crippen LogP contribution in [0.25, 0.3) is 0 Å². The first kappa shape index (κ1) is 21.5. The summed E-state index contributed by atoms with van der Waals surface area (Å²) in [7, 11) is 0. The number of carbonyl (C=O) groups is 2. The van der Waals surface area contributed by atoms with Crippen molar-refractivity contribution in [2.24, 2.45) is 5.41 Å². The van der Waals surface area contributed by atoms with Gasteiger partial charge in [-0.15, -0.1) is 0 Å². The number of Topliss-reactive ketones (excluding diaryl/α,β-unsaturated/α-hetero) is 1. The van der Waals surface area contributed by atoms with Crippen molar-refractivity contribution in [3.63, 3.8) is 0 Å². The zero-order valence-corrected chi connectivity index (χ0v) is 17.2. The first-order valence-corrected chi connectivity index (χ1v) is 9.56. The Morgan fingerprint density at radius 2 is 1.75 bits per heavy atom. The number of hydrogen-bond donors (Lipinski definition) is 2. The number of ether oxygens (including phenoxy) is 1. The molecule has 28 heavy (non-hydrogen) atoms. The predicted octanol–water partition coefficient (Wildman–Crippen LogP) is 4.07. The number of aryl methyl sites for hydroxylation is 2. The Morgan fingerprint density at radius 3 is 2.43 bits per heavy atom. The highest BCUT2D eigenvalue weighted by Crippen LogP contribution is 2.24. The van der Waals surface area contributed by atoms with E-state index >= 15 is 0 Å². The van der Waals surface area contributed by atoms with E-state index in [1.807, 2.05) is 39.8 Å². The minimum atomic E-state index is -0.577. The highest BCUT2D eigenvalue weighted by Gasteiger charge is 2.27. The van der Waals surface area contributed by atoms with Gasteiger partial charge in [0.2, 0.25) is 5.91 Å². The molecule has 0 radical (unpaired) electrons. The van der Waals surface area contributed by atoms with Gasteiger partial charge in [0.05, 0.1) is 13.2 Å². The molecule has 0 aliphatic heterocycles. The average molecular weight is 383 g/mol. The molecule has 0 atom stereocenters. The van der Waals surface area contributed by atoms with E-state index in [2.05, 4.69) is 11.4 Å². The summed E-state index contributed by atoms with van der Waals surface area (Å²) in [6.07, 6.45) is 1.42. The SMILES string of the molecule is Cc1ccc(C)c(OCCCC(C)(C)C(=O)NCC(=O)c2ccc(N)cc2)c1. The number of amides is 1. The summed E-state index contributed by atoms with van der Waals surface area (Å²) in [5.74, 6) is 0.613. The summed E-state index contributed by atoms with van der Waals surface area (Å²) < 4.78 is 5.86. The number of nitrogens with two attached hydrogens (primary N) is 1. The van der Waals surface area contributed by atoms with E-state index in [1.54, 1.807) is 24.3 Å². The molecule has 0 bridgehead atoms. The third-order valence-corrected chi connectivity index (χ3v) is 4.80. The lowest BCUT2D eigenvalue weighted by atomic mass is 9.87. The molecular formula is C23H30N2O3. The number of nitrogens with one attached hydrogen (secondary N) is 1. The summed E-state index contributed by atoms with van der Waals surface area (Å²) in [5, 5.41) is 2.75. The van der Waals surface area contributed by atoms with Crippen LogP contribution in [0.15, 0.2) is 42.5 Å².